The molecule has 1 aromatic carbocycles. The molecule has 0 atom stereocenters. The number of nitro groups is 1. The maximum absolute atomic E-state index is 12.2. The van der Waals surface area contributed by atoms with Gasteiger partial charge in [0, 0.05) is 17.6 Å². The van der Waals surface area contributed by atoms with E-state index in [1.54, 1.807) is 0 Å². The molecule has 0 heterocycles. The van der Waals surface area contributed by atoms with Crippen LogP contribution >= 0.6 is 11.6 Å². The number of rotatable bonds is 19. The Bertz CT molecular complexity index is 682. The second kappa shape index (κ2) is 17.7. The number of phenolic OH excluding ortho intramolecular Hbond substituents is 1. The molecule has 0 bridgehead atoms. The molecule has 2 N–H and O–H groups in total. The molecule has 1 amide bonds. The van der Waals surface area contributed by atoms with Gasteiger partial charge in [-0.3, -0.25) is 14.9 Å². The van der Waals surface area contributed by atoms with Crippen LogP contribution in [0.1, 0.15) is 120 Å². The second-order valence-corrected chi connectivity index (χ2v) is 9.07. The van der Waals surface area contributed by atoms with Gasteiger partial charge in [0.2, 0.25) is 5.75 Å². The van der Waals surface area contributed by atoms with Crippen molar-refractivity contribution in [2.45, 2.75) is 110 Å². The van der Waals surface area contributed by atoms with Crippen LogP contribution in [0.2, 0.25) is 5.02 Å². The number of unbranched alkanes of at least 4 members (excludes halogenated alkanes) is 15. The summed E-state index contributed by atoms with van der Waals surface area (Å²) in [6.07, 6.45) is 20.6. The van der Waals surface area contributed by atoms with E-state index in [4.69, 9.17) is 11.6 Å². The van der Waals surface area contributed by atoms with Gasteiger partial charge in [-0.1, -0.05) is 115 Å². The Balaban J connectivity index is 1.99. The monoisotopic (exact) mass is 468 g/mol. The fraction of sp³-hybridized carbons (Fsp3) is 0.720. The highest BCUT2D eigenvalue weighted by Gasteiger charge is 2.22. The van der Waals surface area contributed by atoms with Gasteiger partial charge in [0.25, 0.3) is 5.91 Å². The van der Waals surface area contributed by atoms with Crippen molar-refractivity contribution in [3.63, 3.8) is 0 Å². The molecule has 182 valence electrons. The predicted molar refractivity (Wildman–Crippen MR) is 132 cm³/mol. The first-order valence-corrected chi connectivity index (χ1v) is 12.8. The Hall–Kier alpha value is -1.82. The summed E-state index contributed by atoms with van der Waals surface area (Å²) in [6.45, 7) is 2.73. The predicted octanol–water partition coefficient (Wildman–Crippen LogP) is 7.95. The number of nitrogens with one attached hydrogen (secondary N) is 1. The van der Waals surface area contributed by atoms with Gasteiger partial charge in [-0.25, -0.2) is 0 Å². The normalized spacial score (nSPS) is 10.9. The Morgan fingerprint density at radius 1 is 0.875 bits per heavy atom. The summed E-state index contributed by atoms with van der Waals surface area (Å²) in [5.41, 5.74) is -0.731. The number of carbonyl (C=O) groups excluding carboxylic acids is 1. The second-order valence-electron chi connectivity index (χ2n) is 8.64. The third-order valence-corrected chi connectivity index (χ3v) is 6.03. The number of halogens is 1. The van der Waals surface area contributed by atoms with Crippen LogP contribution in [0.4, 0.5) is 5.69 Å². The van der Waals surface area contributed by atoms with Gasteiger partial charge in [-0.05, 0) is 12.5 Å². The first-order valence-electron chi connectivity index (χ1n) is 12.4. The Morgan fingerprint density at radius 2 is 1.31 bits per heavy atom. The van der Waals surface area contributed by atoms with Gasteiger partial charge in [0.1, 0.15) is 0 Å². The zero-order valence-electron chi connectivity index (χ0n) is 19.7. The van der Waals surface area contributed by atoms with Gasteiger partial charge in [0.15, 0.2) is 0 Å². The van der Waals surface area contributed by atoms with Crippen molar-refractivity contribution in [1.29, 1.82) is 0 Å². The van der Waals surface area contributed by atoms with E-state index >= 15 is 0 Å². The molecule has 0 fully saturated rings. The van der Waals surface area contributed by atoms with E-state index < -0.39 is 22.3 Å². The molecule has 0 unspecified atom stereocenters. The molecule has 0 aromatic heterocycles. The summed E-state index contributed by atoms with van der Waals surface area (Å²) >= 11 is 5.82. The van der Waals surface area contributed by atoms with Crippen molar-refractivity contribution < 1.29 is 14.8 Å². The van der Waals surface area contributed by atoms with Gasteiger partial charge in [-0.2, -0.15) is 0 Å². The number of hydrogen-bond acceptors (Lipinski definition) is 4. The molecule has 7 heteroatoms. The molecule has 0 saturated heterocycles. The summed E-state index contributed by atoms with van der Waals surface area (Å²) in [5, 5.41) is 23.6. The van der Waals surface area contributed by atoms with Crippen LogP contribution in [-0.2, 0) is 0 Å². The lowest BCUT2D eigenvalue weighted by atomic mass is 10.0. The van der Waals surface area contributed by atoms with Crippen molar-refractivity contribution in [2.75, 3.05) is 6.54 Å². The number of nitro benzene ring substituents is 1. The summed E-state index contributed by atoms with van der Waals surface area (Å²) in [5.74, 6) is -1.20. The van der Waals surface area contributed by atoms with E-state index in [9.17, 15) is 20.0 Å². The lowest BCUT2D eigenvalue weighted by molar-refractivity contribution is -0.385. The molecule has 1 aromatic rings. The first kappa shape index (κ1) is 28.2. The lowest BCUT2D eigenvalue weighted by Gasteiger charge is -2.08. The smallest absolute Gasteiger partial charge is 0.313 e. The van der Waals surface area contributed by atoms with E-state index in [2.05, 4.69) is 12.2 Å². The largest absolute Gasteiger partial charge is 0.502 e. The van der Waals surface area contributed by atoms with Crippen LogP contribution in [-0.4, -0.2) is 22.5 Å². The molecule has 0 spiro atoms. The van der Waals surface area contributed by atoms with Gasteiger partial charge < -0.3 is 10.4 Å². The molecule has 1 rings (SSSR count). The number of benzene rings is 1. The van der Waals surface area contributed by atoms with E-state index in [0.29, 0.717) is 6.54 Å². The van der Waals surface area contributed by atoms with E-state index in [1.807, 2.05) is 0 Å². The molecule has 6 nitrogen and oxygen atoms in total. The van der Waals surface area contributed by atoms with Crippen molar-refractivity contribution in [3.05, 3.63) is 32.8 Å². The SMILES string of the molecule is CCCCCCCCCCCCCCCCCCNC(=O)c1cc(Cl)cc([N+](=O)[O-])c1O. The van der Waals surface area contributed by atoms with Gasteiger partial charge in [0.05, 0.1) is 10.5 Å². The lowest BCUT2D eigenvalue weighted by Crippen LogP contribution is -2.24. The summed E-state index contributed by atoms with van der Waals surface area (Å²) in [7, 11) is 0. The molecule has 0 aliphatic carbocycles. The highest BCUT2D eigenvalue weighted by molar-refractivity contribution is 6.31. The maximum atomic E-state index is 12.2. The van der Waals surface area contributed by atoms with Crippen molar-refractivity contribution in [1.82, 2.24) is 5.32 Å². The quantitative estimate of drug-likeness (QED) is 0.122. The summed E-state index contributed by atoms with van der Waals surface area (Å²) in [6, 6.07) is 2.27. The summed E-state index contributed by atoms with van der Waals surface area (Å²) < 4.78 is 0. The van der Waals surface area contributed by atoms with Crippen LogP contribution in [0.25, 0.3) is 0 Å². The molecular formula is C25H41ClN2O4. The molecule has 32 heavy (non-hydrogen) atoms. The minimum Gasteiger partial charge on any atom is -0.502 e. The number of hydrogen-bond donors (Lipinski definition) is 2. The molecule has 0 radical (unpaired) electrons. The van der Waals surface area contributed by atoms with Gasteiger partial charge in [-0.15, -0.1) is 0 Å². The first-order chi connectivity index (χ1) is 15.5. The number of phenols is 1. The van der Waals surface area contributed by atoms with E-state index in [-0.39, 0.29) is 10.6 Å². The van der Waals surface area contributed by atoms with Crippen LogP contribution in [0.3, 0.4) is 0 Å². The average molecular weight is 469 g/mol. The van der Waals surface area contributed by atoms with Crippen molar-refractivity contribution in [2.24, 2.45) is 0 Å². The zero-order valence-corrected chi connectivity index (χ0v) is 20.4. The van der Waals surface area contributed by atoms with E-state index in [1.165, 1.54) is 89.5 Å². The standard InChI is InChI=1S/C25H41ClN2O4/c1-2-3-4-5-6-7-8-9-10-11-12-13-14-15-16-17-18-27-25(30)22-19-21(26)20-23(24(22)29)28(31)32/h19-20,29H,2-18H2,1H3,(H,27,30). The number of nitrogens with zero attached hydrogens (tertiary/aromatic N) is 1. The maximum Gasteiger partial charge on any atom is 0.313 e. The third-order valence-electron chi connectivity index (χ3n) is 5.81. The fourth-order valence-electron chi connectivity index (χ4n) is 3.87. The molecule has 0 aliphatic heterocycles. The Kier molecular flexibility index (Phi) is 15.6. The van der Waals surface area contributed by atoms with Crippen molar-refractivity contribution in [3.8, 4) is 5.75 Å². The van der Waals surface area contributed by atoms with Crippen molar-refractivity contribution >= 4 is 23.2 Å². The highest BCUT2D eigenvalue weighted by Crippen LogP contribution is 2.33. The summed E-state index contributed by atoms with van der Waals surface area (Å²) in [4.78, 5) is 22.4. The van der Waals surface area contributed by atoms with Gasteiger partial charge >= 0.3 is 5.69 Å². The average Bonchev–Trinajstić information content (AvgIpc) is 2.76. The van der Waals surface area contributed by atoms with Crippen LogP contribution < -0.4 is 5.32 Å². The fourth-order valence-corrected chi connectivity index (χ4v) is 4.08. The van der Waals surface area contributed by atoms with Crippen LogP contribution in [0.15, 0.2) is 12.1 Å². The van der Waals surface area contributed by atoms with Crippen LogP contribution in [0.5, 0.6) is 5.75 Å². The van der Waals surface area contributed by atoms with Crippen LogP contribution in [0, 0.1) is 10.1 Å². The Morgan fingerprint density at radius 3 is 1.75 bits per heavy atom. The minimum atomic E-state index is -0.756. The number of aromatic hydroxyl groups is 1. The third kappa shape index (κ3) is 12.3. The zero-order chi connectivity index (χ0) is 23.6. The minimum absolute atomic E-state index is 0.0436. The number of amides is 1. The topological polar surface area (TPSA) is 92.5 Å². The van der Waals surface area contributed by atoms with E-state index in [0.717, 1.165) is 25.3 Å². The molecule has 0 saturated carbocycles. The molecule has 0 aliphatic rings. The molecular weight excluding hydrogens is 428 g/mol. The number of carbonyl (C=O) groups is 1. The Labute approximate surface area is 198 Å². The highest BCUT2D eigenvalue weighted by atomic mass is 35.5.